The van der Waals surface area contributed by atoms with Gasteiger partial charge in [-0.25, -0.2) is 0 Å². The summed E-state index contributed by atoms with van der Waals surface area (Å²) in [5, 5.41) is 0. The largest absolute Gasteiger partial charge is 0.320 e. The summed E-state index contributed by atoms with van der Waals surface area (Å²) in [6.07, 6.45) is 1.03. The van der Waals surface area contributed by atoms with Crippen LogP contribution in [0.2, 0.25) is 0 Å². The Morgan fingerprint density at radius 2 is 1.94 bits per heavy atom. The molecule has 0 aliphatic carbocycles. The van der Waals surface area contributed by atoms with Crippen molar-refractivity contribution < 1.29 is 0 Å². The average molecular weight is 240 g/mol. The van der Waals surface area contributed by atoms with E-state index in [1.54, 1.807) is 0 Å². The molecule has 1 aromatic heterocycles. The fourth-order valence-electron chi connectivity index (χ4n) is 2.21. The number of rotatable bonds is 3. The highest BCUT2D eigenvalue weighted by Gasteiger charge is 2.12. The Morgan fingerprint density at radius 3 is 2.61 bits per heavy atom. The lowest BCUT2D eigenvalue weighted by molar-refractivity contribution is 0.841. The van der Waals surface area contributed by atoms with E-state index in [1.807, 2.05) is 19.9 Å². The molecule has 1 aromatic carbocycles. The van der Waals surface area contributed by atoms with Crippen LogP contribution in [0.5, 0.6) is 0 Å². The maximum atomic E-state index is 6.35. The first-order valence-corrected chi connectivity index (χ1v) is 6.40. The summed E-state index contributed by atoms with van der Waals surface area (Å²) in [5.41, 5.74) is 12.0. The van der Waals surface area contributed by atoms with E-state index >= 15 is 0 Å². The van der Waals surface area contributed by atoms with Crippen LogP contribution in [-0.2, 0) is 6.42 Å². The van der Waals surface area contributed by atoms with Gasteiger partial charge < -0.3 is 5.73 Å². The van der Waals surface area contributed by atoms with Gasteiger partial charge in [-0.2, -0.15) is 0 Å². The van der Waals surface area contributed by atoms with E-state index in [2.05, 4.69) is 42.2 Å². The Hall–Kier alpha value is -1.67. The topological polar surface area (TPSA) is 38.9 Å². The molecule has 2 N–H and O–H groups in total. The van der Waals surface area contributed by atoms with Crippen LogP contribution < -0.4 is 5.73 Å². The molecule has 0 fully saturated rings. The van der Waals surface area contributed by atoms with Crippen molar-refractivity contribution in [2.75, 3.05) is 0 Å². The van der Waals surface area contributed by atoms with Crippen LogP contribution in [0.4, 0.5) is 0 Å². The quantitative estimate of drug-likeness (QED) is 0.894. The van der Waals surface area contributed by atoms with Crippen molar-refractivity contribution in [2.24, 2.45) is 5.73 Å². The third-order valence-electron chi connectivity index (χ3n) is 3.32. The fourth-order valence-corrected chi connectivity index (χ4v) is 2.21. The first-order valence-electron chi connectivity index (χ1n) is 6.40. The summed E-state index contributed by atoms with van der Waals surface area (Å²) in [5.74, 6) is 0. The molecule has 0 aliphatic rings. The van der Waals surface area contributed by atoms with Gasteiger partial charge in [0.15, 0.2) is 0 Å². The van der Waals surface area contributed by atoms with Crippen molar-refractivity contribution in [3.63, 3.8) is 0 Å². The molecule has 2 rings (SSSR count). The molecule has 0 bridgehead atoms. The zero-order valence-electron chi connectivity index (χ0n) is 11.3. The van der Waals surface area contributed by atoms with Crippen molar-refractivity contribution in [1.29, 1.82) is 0 Å². The lowest BCUT2D eigenvalue weighted by Crippen LogP contribution is -2.14. The molecule has 0 saturated carbocycles. The van der Waals surface area contributed by atoms with Crippen LogP contribution in [0.25, 0.3) is 0 Å². The Kier molecular flexibility index (Phi) is 3.78. The summed E-state index contributed by atoms with van der Waals surface area (Å²) >= 11 is 0. The normalized spacial score (nSPS) is 12.4. The van der Waals surface area contributed by atoms with Gasteiger partial charge in [0.05, 0.1) is 6.04 Å². The van der Waals surface area contributed by atoms with Crippen molar-refractivity contribution in [1.82, 2.24) is 4.98 Å². The Bertz CT molecular complexity index is 547. The van der Waals surface area contributed by atoms with Crippen molar-refractivity contribution in [3.8, 4) is 0 Å². The van der Waals surface area contributed by atoms with Gasteiger partial charge in [0.1, 0.15) is 0 Å². The monoisotopic (exact) mass is 240 g/mol. The van der Waals surface area contributed by atoms with Gasteiger partial charge in [-0.05, 0) is 43.0 Å². The van der Waals surface area contributed by atoms with E-state index in [9.17, 15) is 0 Å². The van der Waals surface area contributed by atoms with Crippen LogP contribution in [0.15, 0.2) is 36.4 Å². The number of aromatic nitrogens is 1. The maximum Gasteiger partial charge on any atom is 0.0569 e. The highest BCUT2D eigenvalue weighted by Crippen LogP contribution is 2.22. The molecule has 18 heavy (non-hydrogen) atoms. The van der Waals surface area contributed by atoms with Crippen LogP contribution in [0.3, 0.4) is 0 Å². The van der Waals surface area contributed by atoms with Crippen molar-refractivity contribution in [2.45, 2.75) is 33.2 Å². The SMILES string of the molecule is CCc1cccc(C(N)c2ccc(C)nc2C)c1. The average Bonchev–Trinajstić information content (AvgIpc) is 2.38. The van der Waals surface area contributed by atoms with Crippen molar-refractivity contribution in [3.05, 3.63) is 64.5 Å². The van der Waals surface area contributed by atoms with Gasteiger partial charge in [-0.3, -0.25) is 4.98 Å². The number of hydrogen-bond acceptors (Lipinski definition) is 2. The summed E-state index contributed by atoms with van der Waals surface area (Å²) in [4.78, 5) is 4.48. The number of aryl methyl sites for hydroxylation is 3. The third kappa shape index (κ3) is 2.59. The van der Waals surface area contributed by atoms with E-state index in [0.29, 0.717) is 0 Å². The van der Waals surface area contributed by atoms with E-state index in [0.717, 1.165) is 28.9 Å². The number of nitrogens with two attached hydrogens (primary N) is 1. The number of benzene rings is 1. The predicted octanol–water partition coefficient (Wildman–Crippen LogP) is 3.31. The predicted molar refractivity (Wildman–Crippen MR) is 75.6 cm³/mol. The molecule has 1 atom stereocenters. The molecule has 1 heterocycles. The van der Waals surface area contributed by atoms with Crippen LogP contribution in [-0.4, -0.2) is 4.98 Å². The van der Waals surface area contributed by atoms with Crippen LogP contribution in [0, 0.1) is 13.8 Å². The standard InChI is InChI=1S/C16H20N2/c1-4-13-6-5-7-14(10-13)16(17)15-9-8-11(2)18-12(15)3/h5-10,16H,4,17H2,1-3H3. The molecule has 0 amide bonds. The molecule has 0 spiro atoms. The summed E-state index contributed by atoms with van der Waals surface area (Å²) < 4.78 is 0. The first kappa shape index (κ1) is 12.8. The minimum Gasteiger partial charge on any atom is -0.320 e. The van der Waals surface area contributed by atoms with E-state index in [1.165, 1.54) is 5.56 Å². The molecule has 0 aliphatic heterocycles. The van der Waals surface area contributed by atoms with E-state index < -0.39 is 0 Å². The van der Waals surface area contributed by atoms with E-state index in [4.69, 9.17) is 5.73 Å². The lowest BCUT2D eigenvalue weighted by Gasteiger charge is -2.16. The zero-order valence-corrected chi connectivity index (χ0v) is 11.3. The minimum absolute atomic E-state index is 0.0930. The number of hydrogen-bond donors (Lipinski definition) is 1. The molecular formula is C16H20N2. The lowest BCUT2D eigenvalue weighted by atomic mass is 9.96. The third-order valence-corrected chi connectivity index (χ3v) is 3.32. The summed E-state index contributed by atoms with van der Waals surface area (Å²) in [6.45, 7) is 6.18. The Balaban J connectivity index is 2.37. The summed E-state index contributed by atoms with van der Waals surface area (Å²) in [6, 6.07) is 12.5. The zero-order chi connectivity index (χ0) is 13.1. The molecule has 1 unspecified atom stereocenters. The Morgan fingerprint density at radius 1 is 1.17 bits per heavy atom. The van der Waals surface area contributed by atoms with Gasteiger partial charge in [0.25, 0.3) is 0 Å². The summed E-state index contributed by atoms with van der Waals surface area (Å²) in [7, 11) is 0. The molecule has 2 nitrogen and oxygen atoms in total. The second-order valence-electron chi connectivity index (χ2n) is 4.70. The fraction of sp³-hybridized carbons (Fsp3) is 0.312. The smallest absolute Gasteiger partial charge is 0.0569 e. The van der Waals surface area contributed by atoms with Gasteiger partial charge in [-0.15, -0.1) is 0 Å². The first-order chi connectivity index (χ1) is 8.61. The number of nitrogens with zero attached hydrogens (tertiary/aromatic N) is 1. The van der Waals surface area contributed by atoms with E-state index in [-0.39, 0.29) is 6.04 Å². The second-order valence-corrected chi connectivity index (χ2v) is 4.70. The number of pyridine rings is 1. The molecule has 2 aromatic rings. The highest BCUT2D eigenvalue weighted by atomic mass is 14.7. The van der Waals surface area contributed by atoms with Crippen LogP contribution >= 0.6 is 0 Å². The van der Waals surface area contributed by atoms with Gasteiger partial charge in [-0.1, -0.05) is 37.3 Å². The molecule has 0 saturated heterocycles. The second kappa shape index (κ2) is 5.32. The molecule has 2 heteroatoms. The molecule has 0 radical (unpaired) electrons. The Labute approximate surface area is 109 Å². The van der Waals surface area contributed by atoms with Crippen molar-refractivity contribution >= 4 is 0 Å². The minimum atomic E-state index is -0.0930. The molecule has 94 valence electrons. The van der Waals surface area contributed by atoms with Gasteiger partial charge in [0, 0.05) is 11.4 Å². The maximum absolute atomic E-state index is 6.35. The van der Waals surface area contributed by atoms with Gasteiger partial charge in [0.2, 0.25) is 0 Å². The molecular weight excluding hydrogens is 220 g/mol. The van der Waals surface area contributed by atoms with Gasteiger partial charge >= 0.3 is 0 Å². The highest BCUT2D eigenvalue weighted by molar-refractivity contribution is 5.36. The van der Waals surface area contributed by atoms with Crippen LogP contribution in [0.1, 0.15) is 41.0 Å².